The molecule has 0 radical (unpaired) electrons. The number of rotatable bonds is 3. The maximum atomic E-state index is 12.5. The van der Waals surface area contributed by atoms with Gasteiger partial charge >= 0.3 is 0 Å². The number of benzene rings is 1. The van der Waals surface area contributed by atoms with E-state index in [1.165, 1.54) is 16.6 Å². The van der Waals surface area contributed by atoms with Gasteiger partial charge in [-0.2, -0.15) is 9.50 Å². The Morgan fingerprint density at radius 1 is 1.13 bits per heavy atom. The molecule has 0 saturated heterocycles. The lowest BCUT2D eigenvalue weighted by Gasteiger charge is -2.07. The predicted molar refractivity (Wildman–Crippen MR) is 87.5 cm³/mol. The van der Waals surface area contributed by atoms with E-state index >= 15 is 0 Å². The maximum Gasteiger partial charge on any atom is 0.267 e. The van der Waals surface area contributed by atoms with Crippen molar-refractivity contribution >= 4 is 45.0 Å². The highest BCUT2D eigenvalue weighted by atomic mass is 35.5. The molecular formula is C13H11Cl2N5O2S. The van der Waals surface area contributed by atoms with Crippen LogP contribution in [0, 0.1) is 13.8 Å². The van der Waals surface area contributed by atoms with Crippen LogP contribution in [0.1, 0.15) is 11.4 Å². The standard InChI is InChI=1S/C13H11Cl2N5O2S/c1-7-6-8(2)20-13(16-7)17-12(18-20)19-23(21,22)11-9(14)4-3-5-10(11)15/h3-6H,1-2H3,(H,18,19). The molecule has 2 aromatic heterocycles. The largest absolute Gasteiger partial charge is 0.267 e. The van der Waals surface area contributed by atoms with Crippen LogP contribution in [0.25, 0.3) is 5.78 Å². The number of fused-ring (bicyclic) bond motifs is 1. The number of nitrogens with one attached hydrogen (secondary N) is 1. The molecule has 10 heteroatoms. The molecule has 0 fully saturated rings. The summed E-state index contributed by atoms with van der Waals surface area (Å²) in [5.41, 5.74) is 1.53. The molecule has 3 aromatic rings. The molecule has 0 aliphatic heterocycles. The summed E-state index contributed by atoms with van der Waals surface area (Å²) in [5.74, 6) is 0.188. The molecule has 0 bridgehead atoms. The van der Waals surface area contributed by atoms with Gasteiger partial charge in [0.05, 0.1) is 10.0 Å². The topological polar surface area (TPSA) is 89.2 Å². The van der Waals surface area contributed by atoms with Gasteiger partial charge < -0.3 is 0 Å². The zero-order valence-corrected chi connectivity index (χ0v) is 14.4. The molecule has 0 unspecified atom stereocenters. The van der Waals surface area contributed by atoms with E-state index in [1.807, 2.05) is 19.9 Å². The van der Waals surface area contributed by atoms with E-state index in [9.17, 15) is 8.42 Å². The second kappa shape index (κ2) is 5.63. The van der Waals surface area contributed by atoms with Gasteiger partial charge in [-0.05, 0) is 32.0 Å². The zero-order chi connectivity index (χ0) is 16.8. The molecule has 120 valence electrons. The highest BCUT2D eigenvalue weighted by Crippen LogP contribution is 2.30. The van der Waals surface area contributed by atoms with Crippen molar-refractivity contribution in [3.05, 3.63) is 45.7 Å². The molecular weight excluding hydrogens is 361 g/mol. The molecule has 2 heterocycles. The first-order chi connectivity index (χ1) is 10.8. The third kappa shape index (κ3) is 2.97. The first-order valence-corrected chi connectivity index (χ1v) is 8.70. The van der Waals surface area contributed by atoms with Crippen LogP contribution in [0.2, 0.25) is 10.0 Å². The van der Waals surface area contributed by atoms with Gasteiger partial charge in [0.1, 0.15) is 4.90 Å². The third-order valence-corrected chi connectivity index (χ3v) is 5.31. The van der Waals surface area contributed by atoms with Crippen molar-refractivity contribution in [2.24, 2.45) is 0 Å². The zero-order valence-electron chi connectivity index (χ0n) is 12.1. The fraction of sp³-hybridized carbons (Fsp3) is 0.154. The smallest absolute Gasteiger partial charge is 0.246 e. The molecule has 3 rings (SSSR count). The Kier molecular flexibility index (Phi) is 3.91. The van der Waals surface area contributed by atoms with E-state index in [0.717, 1.165) is 11.4 Å². The summed E-state index contributed by atoms with van der Waals surface area (Å²) in [7, 11) is -4.03. The van der Waals surface area contributed by atoms with Crippen molar-refractivity contribution in [1.82, 2.24) is 19.6 Å². The van der Waals surface area contributed by atoms with E-state index in [0.29, 0.717) is 5.78 Å². The van der Waals surface area contributed by atoms with Crippen molar-refractivity contribution in [2.45, 2.75) is 18.7 Å². The summed E-state index contributed by atoms with van der Waals surface area (Å²) < 4.78 is 28.7. The molecule has 1 N–H and O–H groups in total. The maximum absolute atomic E-state index is 12.5. The van der Waals surface area contributed by atoms with Crippen LogP contribution >= 0.6 is 23.2 Å². The van der Waals surface area contributed by atoms with Crippen LogP contribution in [0.5, 0.6) is 0 Å². The van der Waals surface area contributed by atoms with E-state index in [-0.39, 0.29) is 20.9 Å². The van der Waals surface area contributed by atoms with Crippen LogP contribution in [0.3, 0.4) is 0 Å². The summed E-state index contributed by atoms with van der Waals surface area (Å²) in [6.45, 7) is 3.63. The molecule has 1 aromatic carbocycles. The summed E-state index contributed by atoms with van der Waals surface area (Å²) in [5, 5.41) is 4.12. The number of nitrogens with zero attached hydrogens (tertiary/aromatic N) is 4. The minimum atomic E-state index is -4.03. The molecule has 0 aliphatic carbocycles. The summed E-state index contributed by atoms with van der Waals surface area (Å²) in [6, 6.07) is 6.25. The van der Waals surface area contributed by atoms with E-state index < -0.39 is 10.0 Å². The molecule has 23 heavy (non-hydrogen) atoms. The Bertz CT molecular complexity index is 996. The highest BCUT2D eigenvalue weighted by Gasteiger charge is 2.23. The Balaban J connectivity index is 2.06. The van der Waals surface area contributed by atoms with Crippen LogP contribution in [0.4, 0.5) is 5.95 Å². The lowest BCUT2D eigenvalue weighted by atomic mass is 10.4. The minimum absolute atomic E-state index is 0.0129. The number of hydrogen-bond acceptors (Lipinski definition) is 5. The Morgan fingerprint density at radius 3 is 2.43 bits per heavy atom. The number of halogens is 2. The van der Waals surface area contributed by atoms with Gasteiger partial charge in [0.15, 0.2) is 0 Å². The Morgan fingerprint density at radius 2 is 1.78 bits per heavy atom. The van der Waals surface area contributed by atoms with Crippen molar-refractivity contribution in [2.75, 3.05) is 4.72 Å². The first kappa shape index (κ1) is 16.0. The molecule has 0 amide bonds. The van der Waals surface area contributed by atoms with Gasteiger partial charge in [0, 0.05) is 11.4 Å². The van der Waals surface area contributed by atoms with Crippen molar-refractivity contribution in [3.63, 3.8) is 0 Å². The average molecular weight is 372 g/mol. The summed E-state index contributed by atoms with van der Waals surface area (Å²) >= 11 is 11.9. The van der Waals surface area contributed by atoms with E-state index in [2.05, 4.69) is 19.8 Å². The Hall–Kier alpha value is -1.90. The monoisotopic (exact) mass is 371 g/mol. The molecule has 7 nitrogen and oxygen atoms in total. The van der Waals surface area contributed by atoms with Crippen molar-refractivity contribution in [3.8, 4) is 0 Å². The van der Waals surface area contributed by atoms with Gasteiger partial charge in [0.25, 0.3) is 21.7 Å². The Labute approximate surface area is 142 Å². The van der Waals surface area contributed by atoms with Gasteiger partial charge in [-0.3, -0.25) is 0 Å². The minimum Gasteiger partial charge on any atom is -0.246 e. The third-order valence-electron chi connectivity index (χ3n) is 3.03. The van der Waals surface area contributed by atoms with Crippen LogP contribution < -0.4 is 4.72 Å². The van der Waals surface area contributed by atoms with Crippen LogP contribution in [0.15, 0.2) is 29.2 Å². The predicted octanol–water partition coefficient (Wildman–Crippen LogP) is 2.85. The van der Waals surface area contributed by atoms with Gasteiger partial charge in [0.2, 0.25) is 0 Å². The summed E-state index contributed by atoms with van der Waals surface area (Å²) in [4.78, 5) is 8.05. The molecule has 0 saturated carbocycles. The highest BCUT2D eigenvalue weighted by molar-refractivity contribution is 7.93. The van der Waals surface area contributed by atoms with Gasteiger partial charge in [-0.1, -0.05) is 29.3 Å². The lowest BCUT2D eigenvalue weighted by molar-refractivity contribution is 0.601. The fourth-order valence-corrected chi connectivity index (χ4v) is 4.21. The number of sulfonamides is 1. The van der Waals surface area contributed by atoms with Crippen LogP contribution in [-0.4, -0.2) is 28.0 Å². The fourth-order valence-electron chi connectivity index (χ4n) is 2.12. The summed E-state index contributed by atoms with van der Waals surface area (Å²) in [6.07, 6.45) is 0. The number of aryl methyl sites for hydroxylation is 2. The van der Waals surface area contributed by atoms with Crippen molar-refractivity contribution in [1.29, 1.82) is 0 Å². The van der Waals surface area contributed by atoms with E-state index in [4.69, 9.17) is 23.2 Å². The van der Waals surface area contributed by atoms with Gasteiger partial charge in [-0.15, -0.1) is 5.10 Å². The molecule has 0 aliphatic rings. The second-order valence-electron chi connectivity index (χ2n) is 4.84. The molecule has 0 spiro atoms. The van der Waals surface area contributed by atoms with Crippen molar-refractivity contribution < 1.29 is 8.42 Å². The normalized spacial score (nSPS) is 11.8. The van der Waals surface area contributed by atoms with Gasteiger partial charge in [-0.25, -0.2) is 18.1 Å². The van der Waals surface area contributed by atoms with E-state index in [1.54, 1.807) is 6.07 Å². The number of hydrogen-bond donors (Lipinski definition) is 1. The SMILES string of the molecule is Cc1cc(C)n2nc(NS(=O)(=O)c3c(Cl)cccc3Cl)nc2n1. The molecule has 0 atom stereocenters. The lowest BCUT2D eigenvalue weighted by Crippen LogP contribution is -2.15. The number of aromatic nitrogens is 4. The number of anilines is 1. The second-order valence-corrected chi connectivity index (χ2v) is 7.28. The average Bonchev–Trinajstić information content (AvgIpc) is 2.79. The first-order valence-electron chi connectivity index (χ1n) is 6.46. The quantitative estimate of drug-likeness (QED) is 0.764. The van der Waals surface area contributed by atoms with Crippen LogP contribution in [-0.2, 0) is 10.0 Å².